The zero-order valence-electron chi connectivity index (χ0n) is 13.1. The second-order valence-corrected chi connectivity index (χ2v) is 4.84. The second kappa shape index (κ2) is 10.6. The minimum Gasteiger partial charge on any atom is -0.491 e. The van der Waals surface area contributed by atoms with Crippen LogP contribution >= 0.6 is 0 Å². The summed E-state index contributed by atoms with van der Waals surface area (Å²) in [5.41, 5.74) is 10.6. The van der Waals surface area contributed by atoms with Crippen molar-refractivity contribution < 1.29 is 19.4 Å². The van der Waals surface area contributed by atoms with Gasteiger partial charge in [-0.3, -0.25) is 0 Å². The smallest absolute Gasteiger partial charge is 0.373 e. The van der Waals surface area contributed by atoms with Gasteiger partial charge in [0.25, 0.3) is 0 Å². The molecule has 24 heavy (non-hydrogen) atoms. The molecule has 7 nitrogen and oxygen atoms in total. The number of aliphatic hydroxyl groups is 1. The number of aliphatic hydroxyl groups excluding tert-OH is 1. The van der Waals surface area contributed by atoms with Gasteiger partial charge in [-0.15, -0.1) is 0 Å². The Morgan fingerprint density at radius 1 is 1.17 bits per heavy atom. The first-order valence-corrected chi connectivity index (χ1v) is 7.08. The third-order valence-electron chi connectivity index (χ3n) is 3.12. The van der Waals surface area contributed by atoms with Gasteiger partial charge in [-0.05, 0) is 30.2 Å². The molecule has 2 aromatic rings. The Morgan fingerprint density at radius 2 is 1.75 bits per heavy atom. The van der Waals surface area contributed by atoms with Gasteiger partial charge in [0.1, 0.15) is 18.5 Å². The first kappa shape index (κ1) is 18.9. The predicted octanol–water partition coefficient (Wildman–Crippen LogP) is 3.20. The highest BCUT2D eigenvalue weighted by Crippen LogP contribution is 2.22. The van der Waals surface area contributed by atoms with Crippen molar-refractivity contribution in [3.63, 3.8) is 0 Å². The topological polar surface area (TPSA) is 112 Å². The standard InChI is InChI=1S/C16H17N3O2.CO2/c1-12-7-9-14(10-8-12)21-11-15(20)16(18-19-17)13-5-3-2-4-6-13;2-1-3/h2-10,15-16,20H,11H2,1H3;/t15-,16-;/m1./s1. The molecule has 2 aromatic carbocycles. The molecule has 0 radical (unpaired) electrons. The Labute approximate surface area is 139 Å². The van der Waals surface area contributed by atoms with E-state index in [0.29, 0.717) is 5.75 Å². The van der Waals surface area contributed by atoms with E-state index in [-0.39, 0.29) is 12.8 Å². The van der Waals surface area contributed by atoms with Gasteiger partial charge < -0.3 is 9.84 Å². The fraction of sp³-hybridized carbons (Fsp3) is 0.235. The van der Waals surface area contributed by atoms with E-state index in [1.165, 1.54) is 0 Å². The number of carbonyl (C=O) groups excluding carboxylic acids is 2. The quantitative estimate of drug-likeness (QED) is 0.498. The lowest BCUT2D eigenvalue weighted by Crippen LogP contribution is -2.24. The third kappa shape index (κ3) is 6.34. The molecule has 0 amide bonds. The number of hydrogen-bond donors (Lipinski definition) is 1. The van der Waals surface area contributed by atoms with Gasteiger partial charge in [0.2, 0.25) is 0 Å². The number of ether oxygens (including phenoxy) is 1. The van der Waals surface area contributed by atoms with E-state index in [0.717, 1.165) is 11.1 Å². The summed E-state index contributed by atoms with van der Waals surface area (Å²) >= 11 is 0. The van der Waals surface area contributed by atoms with Crippen molar-refractivity contribution in [2.45, 2.75) is 19.1 Å². The van der Waals surface area contributed by atoms with Gasteiger partial charge in [-0.2, -0.15) is 9.59 Å². The van der Waals surface area contributed by atoms with Gasteiger partial charge in [-0.1, -0.05) is 53.1 Å². The maximum absolute atomic E-state index is 10.2. The summed E-state index contributed by atoms with van der Waals surface area (Å²) in [6.45, 7) is 2.05. The van der Waals surface area contributed by atoms with Crippen LogP contribution in [0.3, 0.4) is 0 Å². The summed E-state index contributed by atoms with van der Waals surface area (Å²) < 4.78 is 5.54. The van der Waals surface area contributed by atoms with Gasteiger partial charge in [0.15, 0.2) is 0 Å². The zero-order chi connectivity index (χ0) is 17.8. The molecule has 7 heteroatoms. The first-order valence-electron chi connectivity index (χ1n) is 7.08. The molecule has 0 unspecified atom stereocenters. The lowest BCUT2D eigenvalue weighted by Gasteiger charge is -2.19. The fourth-order valence-electron chi connectivity index (χ4n) is 1.98. The van der Waals surface area contributed by atoms with E-state index in [2.05, 4.69) is 10.0 Å². The highest BCUT2D eigenvalue weighted by atomic mass is 16.5. The Bertz CT molecular complexity index is 692. The van der Waals surface area contributed by atoms with Crippen LogP contribution in [0.4, 0.5) is 0 Å². The molecule has 0 aliphatic rings. The van der Waals surface area contributed by atoms with Gasteiger partial charge in [0, 0.05) is 4.91 Å². The molecule has 0 spiro atoms. The average molecular weight is 327 g/mol. The van der Waals surface area contributed by atoms with Crippen LogP contribution in [0.2, 0.25) is 0 Å². The predicted molar refractivity (Wildman–Crippen MR) is 86.0 cm³/mol. The minimum absolute atomic E-state index is 0.0572. The average Bonchev–Trinajstić information content (AvgIpc) is 2.60. The number of aryl methyl sites for hydroxylation is 1. The fourth-order valence-corrected chi connectivity index (χ4v) is 1.98. The summed E-state index contributed by atoms with van der Waals surface area (Å²) in [6, 6.07) is 16.1. The van der Waals surface area contributed by atoms with Crippen molar-refractivity contribution in [3.05, 3.63) is 76.2 Å². The van der Waals surface area contributed by atoms with E-state index in [4.69, 9.17) is 19.9 Å². The molecular formula is C17H17N3O4. The van der Waals surface area contributed by atoms with Crippen molar-refractivity contribution in [1.82, 2.24) is 0 Å². The van der Waals surface area contributed by atoms with Crippen LogP contribution in [0.5, 0.6) is 5.75 Å². The molecule has 1 N–H and O–H groups in total. The molecular weight excluding hydrogens is 310 g/mol. The Morgan fingerprint density at radius 3 is 2.29 bits per heavy atom. The van der Waals surface area contributed by atoms with Crippen LogP contribution in [-0.4, -0.2) is 24.0 Å². The van der Waals surface area contributed by atoms with Crippen LogP contribution in [0.1, 0.15) is 17.2 Å². The molecule has 2 rings (SSSR count). The SMILES string of the molecule is Cc1ccc(OC[C@@H](O)[C@H](N=[N+]=[N-])c2ccccc2)cc1.O=C=O. The summed E-state index contributed by atoms with van der Waals surface area (Å²) in [6.07, 6.45) is -0.662. The molecule has 2 atom stereocenters. The lowest BCUT2D eigenvalue weighted by atomic mass is 10.0. The molecule has 124 valence electrons. The van der Waals surface area contributed by atoms with Crippen LogP contribution in [0.15, 0.2) is 59.7 Å². The Hall–Kier alpha value is -3.11. The van der Waals surface area contributed by atoms with Gasteiger partial charge >= 0.3 is 6.15 Å². The van der Waals surface area contributed by atoms with Gasteiger partial charge in [0.05, 0.1) is 6.04 Å². The van der Waals surface area contributed by atoms with E-state index < -0.39 is 12.1 Å². The second-order valence-electron chi connectivity index (χ2n) is 4.84. The molecule has 0 fully saturated rings. The number of azide groups is 1. The monoisotopic (exact) mass is 327 g/mol. The van der Waals surface area contributed by atoms with Gasteiger partial charge in [-0.25, -0.2) is 0 Å². The minimum atomic E-state index is -0.912. The van der Waals surface area contributed by atoms with Crippen molar-refractivity contribution in [1.29, 1.82) is 0 Å². The maximum atomic E-state index is 10.2. The van der Waals surface area contributed by atoms with Crippen molar-refractivity contribution in [2.75, 3.05) is 6.61 Å². The Balaban J connectivity index is 0.000000891. The van der Waals surface area contributed by atoms with Crippen molar-refractivity contribution in [2.24, 2.45) is 5.11 Å². The van der Waals surface area contributed by atoms with Crippen molar-refractivity contribution >= 4 is 6.15 Å². The van der Waals surface area contributed by atoms with E-state index in [9.17, 15) is 5.11 Å². The van der Waals surface area contributed by atoms with Crippen LogP contribution in [0, 0.1) is 6.92 Å². The van der Waals surface area contributed by atoms with Crippen LogP contribution < -0.4 is 4.74 Å². The molecule has 0 saturated heterocycles. The number of benzene rings is 2. The van der Waals surface area contributed by atoms with Crippen LogP contribution in [-0.2, 0) is 9.59 Å². The lowest BCUT2D eigenvalue weighted by molar-refractivity contribution is -0.191. The molecule has 0 aliphatic heterocycles. The van der Waals surface area contributed by atoms with Crippen molar-refractivity contribution in [3.8, 4) is 5.75 Å². The first-order chi connectivity index (χ1) is 11.6. The highest BCUT2D eigenvalue weighted by Gasteiger charge is 2.20. The maximum Gasteiger partial charge on any atom is 0.373 e. The largest absolute Gasteiger partial charge is 0.491 e. The number of rotatable bonds is 6. The number of hydrogen-bond acceptors (Lipinski definition) is 5. The molecule has 0 heterocycles. The summed E-state index contributed by atoms with van der Waals surface area (Å²) in [4.78, 5) is 19.1. The van der Waals surface area contributed by atoms with E-state index >= 15 is 0 Å². The van der Waals surface area contributed by atoms with E-state index in [1.807, 2.05) is 61.5 Å². The third-order valence-corrected chi connectivity index (χ3v) is 3.12. The summed E-state index contributed by atoms with van der Waals surface area (Å²) in [7, 11) is 0. The summed E-state index contributed by atoms with van der Waals surface area (Å²) in [5.74, 6) is 0.674. The molecule has 0 aliphatic carbocycles. The number of nitrogens with zero attached hydrogens (tertiary/aromatic N) is 3. The molecule has 0 aromatic heterocycles. The summed E-state index contributed by atoms with van der Waals surface area (Å²) in [5, 5.41) is 13.9. The highest BCUT2D eigenvalue weighted by molar-refractivity contribution is 5.26. The van der Waals surface area contributed by atoms with Crippen LogP contribution in [0.25, 0.3) is 10.4 Å². The molecule has 0 bridgehead atoms. The Kier molecular flexibility index (Phi) is 8.36. The van der Waals surface area contributed by atoms with E-state index in [1.54, 1.807) is 0 Å². The zero-order valence-corrected chi connectivity index (χ0v) is 13.1. The molecule has 0 saturated carbocycles. The normalized spacial score (nSPS) is 11.8.